The van der Waals surface area contributed by atoms with Crippen molar-refractivity contribution in [2.24, 2.45) is 0 Å². The van der Waals surface area contributed by atoms with Crippen LogP contribution in [0.5, 0.6) is 0 Å². The van der Waals surface area contributed by atoms with Gasteiger partial charge in [0.25, 0.3) is 0 Å². The summed E-state index contributed by atoms with van der Waals surface area (Å²) in [6, 6.07) is 14.3. The van der Waals surface area contributed by atoms with Crippen molar-refractivity contribution in [3.63, 3.8) is 0 Å². The van der Waals surface area contributed by atoms with E-state index >= 15 is 0 Å². The number of fused-ring (bicyclic) bond motifs is 2. The highest BCUT2D eigenvalue weighted by Crippen LogP contribution is 2.25. The summed E-state index contributed by atoms with van der Waals surface area (Å²) in [6.07, 6.45) is 0. The smallest absolute Gasteiger partial charge is 0.195 e. The molecule has 3 nitrogen and oxygen atoms in total. The van der Waals surface area contributed by atoms with E-state index in [-0.39, 0.29) is 17.8 Å². The maximum atomic E-state index is 12.7. The Balaban J connectivity index is 0.00000243. The second-order valence-corrected chi connectivity index (χ2v) is 7.43. The molecule has 0 amide bonds. The van der Waals surface area contributed by atoms with E-state index in [0.29, 0.717) is 19.3 Å². The second-order valence-electron chi connectivity index (χ2n) is 6.34. The quantitative estimate of drug-likeness (QED) is 0.526. The van der Waals surface area contributed by atoms with Gasteiger partial charge in [0.1, 0.15) is 0 Å². The Morgan fingerprint density at radius 2 is 1.73 bits per heavy atom. The Labute approximate surface area is 165 Å². The topological polar surface area (TPSA) is 29.5 Å². The lowest BCUT2D eigenvalue weighted by Crippen LogP contribution is -2.36. The molecule has 26 heavy (non-hydrogen) atoms. The lowest BCUT2D eigenvalue weighted by Gasteiger charge is -2.26. The summed E-state index contributed by atoms with van der Waals surface area (Å²) in [5.41, 5.74) is 1.17. The minimum atomic E-state index is 0. The predicted octanol–water partition coefficient (Wildman–Crippen LogP) is 5.08. The summed E-state index contributed by atoms with van der Waals surface area (Å²) in [5.74, 6) is 0. The normalized spacial score (nSPS) is 12.5. The molecular formula is C21H26ClNO2S. The zero-order valence-electron chi connectivity index (χ0n) is 15.5. The molecule has 1 unspecified atom stereocenters. The van der Waals surface area contributed by atoms with Crippen LogP contribution in [0.25, 0.3) is 20.2 Å². The van der Waals surface area contributed by atoms with Gasteiger partial charge in [0.05, 0.1) is 13.2 Å². The molecule has 1 heterocycles. The van der Waals surface area contributed by atoms with Gasteiger partial charge in [-0.15, -0.1) is 23.7 Å². The highest BCUT2D eigenvalue weighted by molar-refractivity contribution is 7.24. The molecule has 1 aromatic heterocycles. The first kappa shape index (κ1) is 20.8. The van der Waals surface area contributed by atoms with Crippen LogP contribution in [-0.4, -0.2) is 30.6 Å². The molecule has 0 aliphatic rings. The van der Waals surface area contributed by atoms with Crippen LogP contribution in [-0.2, 0) is 11.3 Å². The summed E-state index contributed by atoms with van der Waals surface area (Å²) < 4.78 is 7.97. The lowest BCUT2D eigenvalue weighted by atomic mass is 10.1. The molecule has 0 saturated heterocycles. The lowest BCUT2D eigenvalue weighted by molar-refractivity contribution is 0.0611. The van der Waals surface area contributed by atoms with Gasteiger partial charge in [-0.3, -0.25) is 9.69 Å². The number of hydrogen-bond acceptors (Lipinski definition) is 4. The summed E-state index contributed by atoms with van der Waals surface area (Å²) >= 11 is 1.67. The van der Waals surface area contributed by atoms with Gasteiger partial charge in [0.2, 0.25) is 0 Å². The molecule has 0 aliphatic heterocycles. The van der Waals surface area contributed by atoms with E-state index in [0.717, 1.165) is 38.8 Å². The minimum absolute atomic E-state index is 0. The molecular weight excluding hydrogens is 366 g/mol. The molecule has 0 spiro atoms. The average Bonchev–Trinajstić information content (AvgIpc) is 2.63. The molecule has 0 bridgehead atoms. The standard InChI is InChI=1S/C21H25NO2S.ClH/c1-4-22(5-2)15(3)13-24-14-16-10-11-20-18(12-16)21(23)17-8-6-7-9-19(17)25-20;/h6-12,15H,4-5,13-14H2,1-3H3;1H. The van der Waals surface area contributed by atoms with Crippen LogP contribution >= 0.6 is 23.7 Å². The van der Waals surface area contributed by atoms with Crippen molar-refractivity contribution < 1.29 is 4.74 Å². The first-order chi connectivity index (χ1) is 12.1. The fraction of sp³-hybridized carbons (Fsp3) is 0.381. The van der Waals surface area contributed by atoms with E-state index < -0.39 is 0 Å². The van der Waals surface area contributed by atoms with Crippen LogP contribution in [0.3, 0.4) is 0 Å². The fourth-order valence-corrected chi connectivity index (χ4v) is 4.29. The molecule has 1 atom stereocenters. The summed E-state index contributed by atoms with van der Waals surface area (Å²) in [7, 11) is 0. The number of rotatable bonds is 7. The Bertz CT molecular complexity index is 921. The largest absolute Gasteiger partial charge is 0.375 e. The highest BCUT2D eigenvalue weighted by Gasteiger charge is 2.10. The van der Waals surface area contributed by atoms with E-state index in [1.807, 2.05) is 36.4 Å². The fourth-order valence-electron chi connectivity index (χ4n) is 3.24. The van der Waals surface area contributed by atoms with Gasteiger partial charge in [0, 0.05) is 26.2 Å². The molecule has 0 fully saturated rings. The van der Waals surface area contributed by atoms with Crippen molar-refractivity contribution in [3.05, 3.63) is 58.3 Å². The zero-order valence-corrected chi connectivity index (χ0v) is 17.2. The summed E-state index contributed by atoms with van der Waals surface area (Å²) in [5, 5.41) is 1.59. The SMILES string of the molecule is CCN(CC)C(C)COCc1ccc2sc3ccccc3c(=O)c2c1.Cl. The Morgan fingerprint density at radius 3 is 2.46 bits per heavy atom. The maximum absolute atomic E-state index is 12.7. The van der Waals surface area contributed by atoms with Crippen LogP contribution in [0, 0.1) is 0 Å². The van der Waals surface area contributed by atoms with Crippen molar-refractivity contribution in [2.45, 2.75) is 33.4 Å². The van der Waals surface area contributed by atoms with Gasteiger partial charge in [-0.2, -0.15) is 0 Å². The van der Waals surface area contributed by atoms with E-state index in [4.69, 9.17) is 4.74 Å². The average molecular weight is 392 g/mol. The van der Waals surface area contributed by atoms with Crippen LogP contribution < -0.4 is 5.43 Å². The number of hydrogen-bond donors (Lipinski definition) is 0. The van der Waals surface area contributed by atoms with Crippen molar-refractivity contribution in [2.75, 3.05) is 19.7 Å². The van der Waals surface area contributed by atoms with Crippen LogP contribution in [0.15, 0.2) is 47.3 Å². The molecule has 140 valence electrons. The third-order valence-electron chi connectivity index (χ3n) is 4.70. The van der Waals surface area contributed by atoms with E-state index in [2.05, 4.69) is 31.7 Å². The van der Waals surface area contributed by atoms with Crippen molar-refractivity contribution in [3.8, 4) is 0 Å². The van der Waals surface area contributed by atoms with Gasteiger partial charge >= 0.3 is 0 Å². The van der Waals surface area contributed by atoms with Crippen molar-refractivity contribution >= 4 is 43.9 Å². The first-order valence-electron chi connectivity index (χ1n) is 8.90. The number of nitrogens with zero attached hydrogens (tertiary/aromatic N) is 1. The van der Waals surface area contributed by atoms with Gasteiger partial charge in [-0.25, -0.2) is 0 Å². The molecule has 0 N–H and O–H groups in total. The van der Waals surface area contributed by atoms with E-state index in [1.165, 1.54) is 0 Å². The monoisotopic (exact) mass is 391 g/mol. The Hall–Kier alpha value is -1.46. The molecule has 2 aromatic carbocycles. The highest BCUT2D eigenvalue weighted by atomic mass is 35.5. The predicted molar refractivity (Wildman–Crippen MR) is 115 cm³/mol. The van der Waals surface area contributed by atoms with Crippen LogP contribution in [0.4, 0.5) is 0 Å². The van der Waals surface area contributed by atoms with Gasteiger partial charge < -0.3 is 4.74 Å². The number of halogens is 1. The van der Waals surface area contributed by atoms with E-state index in [9.17, 15) is 4.79 Å². The number of ether oxygens (including phenoxy) is 1. The van der Waals surface area contributed by atoms with Gasteiger partial charge in [-0.05, 0) is 49.8 Å². The number of likely N-dealkylation sites (N-methyl/N-ethyl adjacent to an activating group) is 1. The Kier molecular flexibility index (Phi) is 7.59. The minimum Gasteiger partial charge on any atom is -0.375 e. The summed E-state index contributed by atoms with van der Waals surface area (Å²) in [4.78, 5) is 15.1. The first-order valence-corrected chi connectivity index (χ1v) is 9.72. The summed E-state index contributed by atoms with van der Waals surface area (Å²) in [6.45, 7) is 9.84. The van der Waals surface area contributed by atoms with Crippen molar-refractivity contribution in [1.82, 2.24) is 4.90 Å². The molecule has 3 rings (SSSR count). The third-order valence-corrected chi connectivity index (χ3v) is 5.86. The van der Waals surface area contributed by atoms with Crippen LogP contribution in [0.2, 0.25) is 0 Å². The van der Waals surface area contributed by atoms with Gasteiger partial charge in [0.15, 0.2) is 5.43 Å². The molecule has 0 radical (unpaired) electrons. The second kappa shape index (κ2) is 9.47. The van der Waals surface area contributed by atoms with Gasteiger partial charge in [-0.1, -0.05) is 32.0 Å². The van der Waals surface area contributed by atoms with Crippen molar-refractivity contribution in [1.29, 1.82) is 0 Å². The van der Waals surface area contributed by atoms with E-state index in [1.54, 1.807) is 11.3 Å². The maximum Gasteiger partial charge on any atom is 0.195 e. The Morgan fingerprint density at radius 1 is 1.04 bits per heavy atom. The van der Waals surface area contributed by atoms with Crippen LogP contribution in [0.1, 0.15) is 26.3 Å². The molecule has 3 aromatic rings. The molecule has 0 aliphatic carbocycles. The molecule has 0 saturated carbocycles. The zero-order chi connectivity index (χ0) is 17.8. The number of benzene rings is 2. The molecule has 5 heteroatoms. The third kappa shape index (κ3) is 4.44.